The van der Waals surface area contributed by atoms with E-state index in [0.29, 0.717) is 23.2 Å². The quantitative estimate of drug-likeness (QED) is 0.392. The average molecular weight is 469 g/mol. The van der Waals surface area contributed by atoms with Crippen molar-refractivity contribution < 1.29 is 9.53 Å². The highest BCUT2D eigenvalue weighted by Crippen LogP contribution is 2.27. The molecule has 0 radical (unpaired) electrons. The monoisotopic (exact) mass is 468 g/mol. The predicted octanol–water partition coefficient (Wildman–Crippen LogP) is 4.94. The van der Waals surface area contributed by atoms with Crippen LogP contribution in [0.3, 0.4) is 0 Å². The summed E-state index contributed by atoms with van der Waals surface area (Å²) in [4.78, 5) is 18.8. The first-order chi connectivity index (χ1) is 15.6. The Balaban J connectivity index is 1.30. The van der Waals surface area contributed by atoms with E-state index in [4.69, 9.17) is 17.0 Å². The number of nitrogens with one attached hydrogen (secondary N) is 1. The molecular formula is C24H28N4O2S2. The Morgan fingerprint density at radius 3 is 2.91 bits per heavy atom. The molecule has 3 aromatic rings. The van der Waals surface area contributed by atoms with Gasteiger partial charge in [-0.05, 0) is 79.0 Å². The molecule has 1 aromatic carbocycles. The van der Waals surface area contributed by atoms with E-state index in [2.05, 4.69) is 42.8 Å². The normalized spacial score (nSPS) is 14.3. The number of aryl methyl sites for hydroxylation is 2. The summed E-state index contributed by atoms with van der Waals surface area (Å²) in [7, 11) is 0. The topological polar surface area (TPSA) is 59.4 Å². The van der Waals surface area contributed by atoms with Crippen molar-refractivity contribution in [2.45, 2.75) is 38.6 Å². The maximum absolute atomic E-state index is 12.0. The number of esters is 1. The number of carbonyl (C=O) groups is 1. The molecule has 1 aliphatic rings. The van der Waals surface area contributed by atoms with E-state index < -0.39 is 0 Å². The van der Waals surface area contributed by atoms with Gasteiger partial charge in [0.25, 0.3) is 0 Å². The molecule has 4 rings (SSSR count). The number of aromatic nitrogens is 2. The summed E-state index contributed by atoms with van der Waals surface area (Å²) in [6.45, 7) is 4.88. The second-order valence-corrected chi connectivity index (χ2v) is 9.02. The van der Waals surface area contributed by atoms with Crippen LogP contribution < -0.4 is 5.32 Å². The number of imidazole rings is 1. The number of nitrogens with zero attached hydrogens (tertiary/aromatic N) is 3. The number of anilines is 1. The minimum atomic E-state index is -0.322. The molecule has 1 N–H and O–H groups in total. The summed E-state index contributed by atoms with van der Waals surface area (Å²) in [6.07, 6.45) is 7.07. The molecule has 32 heavy (non-hydrogen) atoms. The fraction of sp³-hybridized carbons (Fsp3) is 0.375. The molecule has 0 saturated carbocycles. The van der Waals surface area contributed by atoms with Crippen LogP contribution in [0.1, 0.15) is 47.4 Å². The molecule has 0 unspecified atom stereocenters. The van der Waals surface area contributed by atoms with Crippen molar-refractivity contribution in [3.63, 3.8) is 0 Å². The molecule has 0 aliphatic carbocycles. The minimum absolute atomic E-state index is 0.322. The number of thiophene rings is 1. The molecule has 6 nitrogen and oxygen atoms in total. The Morgan fingerprint density at radius 1 is 1.31 bits per heavy atom. The third-order valence-electron chi connectivity index (χ3n) is 5.74. The number of piperidine rings is 1. The lowest BCUT2D eigenvalue weighted by Crippen LogP contribution is -2.40. The van der Waals surface area contributed by atoms with Crippen molar-refractivity contribution in [1.82, 2.24) is 14.5 Å². The lowest BCUT2D eigenvalue weighted by Gasteiger charge is -2.33. The molecule has 0 atom stereocenters. The predicted molar refractivity (Wildman–Crippen MR) is 132 cm³/mol. The lowest BCUT2D eigenvalue weighted by atomic mass is 9.96. The number of likely N-dealkylation sites (tertiary alicyclic amines) is 1. The maximum atomic E-state index is 12.0. The van der Waals surface area contributed by atoms with Crippen LogP contribution >= 0.6 is 23.6 Å². The van der Waals surface area contributed by atoms with Gasteiger partial charge in [-0.25, -0.2) is 9.78 Å². The molecule has 3 heterocycles. The molecule has 168 valence electrons. The summed E-state index contributed by atoms with van der Waals surface area (Å²) < 4.78 is 7.38. The van der Waals surface area contributed by atoms with E-state index >= 15 is 0 Å². The molecule has 8 heteroatoms. The number of thiocarbonyl (C=S) groups is 1. The van der Waals surface area contributed by atoms with E-state index in [1.54, 1.807) is 30.4 Å². The van der Waals surface area contributed by atoms with Crippen LogP contribution in [0, 0.1) is 0 Å². The van der Waals surface area contributed by atoms with Gasteiger partial charge in [0.05, 0.1) is 12.2 Å². The maximum Gasteiger partial charge on any atom is 0.338 e. The SMILES string of the molecule is CCOC(=O)c1cccc(NC(=S)N2CCC(c3nccn3CCc3ccsc3)CC2)c1. The highest BCUT2D eigenvalue weighted by Gasteiger charge is 2.25. The summed E-state index contributed by atoms with van der Waals surface area (Å²) >= 11 is 7.39. The van der Waals surface area contributed by atoms with Crippen LogP contribution in [0.15, 0.2) is 53.5 Å². The number of carbonyl (C=O) groups excluding carboxylic acids is 1. The summed E-state index contributed by atoms with van der Waals surface area (Å²) in [5, 5.41) is 8.30. The van der Waals surface area contributed by atoms with Gasteiger partial charge in [0, 0.05) is 43.6 Å². The van der Waals surface area contributed by atoms with Crippen molar-refractivity contribution in [1.29, 1.82) is 0 Å². The Hall–Kier alpha value is -2.71. The fourth-order valence-corrected chi connectivity index (χ4v) is 5.04. The van der Waals surface area contributed by atoms with Gasteiger partial charge in [-0.3, -0.25) is 0 Å². The minimum Gasteiger partial charge on any atom is -0.462 e. The number of benzene rings is 1. The van der Waals surface area contributed by atoms with E-state index in [-0.39, 0.29) is 5.97 Å². The second-order valence-electron chi connectivity index (χ2n) is 7.85. The third-order valence-corrected chi connectivity index (χ3v) is 6.83. The highest BCUT2D eigenvalue weighted by atomic mass is 32.1. The van der Waals surface area contributed by atoms with E-state index in [1.165, 1.54) is 11.4 Å². The first-order valence-corrected chi connectivity index (χ1v) is 12.3. The Kier molecular flexibility index (Phi) is 7.55. The Bertz CT molecular complexity index is 1040. The molecule has 1 saturated heterocycles. The number of hydrogen-bond acceptors (Lipinski definition) is 5. The van der Waals surface area contributed by atoms with Crippen molar-refractivity contribution in [3.05, 3.63) is 70.4 Å². The third kappa shape index (κ3) is 5.55. The largest absolute Gasteiger partial charge is 0.462 e. The zero-order valence-corrected chi connectivity index (χ0v) is 19.8. The average Bonchev–Trinajstić information content (AvgIpc) is 3.50. The van der Waals surface area contributed by atoms with E-state index in [1.807, 2.05) is 18.3 Å². The van der Waals surface area contributed by atoms with Crippen molar-refractivity contribution in [2.75, 3.05) is 25.0 Å². The smallest absolute Gasteiger partial charge is 0.338 e. The van der Waals surface area contributed by atoms with Crippen molar-refractivity contribution in [2.24, 2.45) is 0 Å². The number of ether oxygens (including phenoxy) is 1. The van der Waals surface area contributed by atoms with Crippen LogP contribution in [0.2, 0.25) is 0 Å². The highest BCUT2D eigenvalue weighted by molar-refractivity contribution is 7.80. The van der Waals surface area contributed by atoms with Gasteiger partial charge in [-0.2, -0.15) is 11.3 Å². The zero-order chi connectivity index (χ0) is 22.3. The van der Waals surface area contributed by atoms with Crippen LogP contribution in [0.4, 0.5) is 5.69 Å². The van der Waals surface area contributed by atoms with Crippen LogP contribution in [0.25, 0.3) is 0 Å². The molecule has 0 spiro atoms. The van der Waals surface area contributed by atoms with Gasteiger partial charge in [-0.15, -0.1) is 0 Å². The Morgan fingerprint density at radius 2 is 2.16 bits per heavy atom. The van der Waals surface area contributed by atoms with Crippen molar-refractivity contribution in [3.8, 4) is 0 Å². The molecule has 1 fully saturated rings. The fourth-order valence-electron chi connectivity index (χ4n) is 4.04. The summed E-state index contributed by atoms with van der Waals surface area (Å²) in [5.74, 6) is 1.30. The summed E-state index contributed by atoms with van der Waals surface area (Å²) in [5.41, 5.74) is 2.70. The van der Waals surface area contributed by atoms with E-state index in [0.717, 1.165) is 44.6 Å². The first-order valence-electron chi connectivity index (χ1n) is 11.0. The standard InChI is InChI=1S/C24H28N4O2S2/c1-2-30-23(29)20-4-3-5-21(16-20)26-24(31)28-12-7-19(8-13-28)22-25-10-14-27(22)11-6-18-9-15-32-17-18/h3-5,9-10,14-17,19H,2,6-8,11-13H2,1H3,(H,26,31). The van der Waals surface area contributed by atoms with Crippen LogP contribution in [0.5, 0.6) is 0 Å². The van der Waals surface area contributed by atoms with Crippen molar-refractivity contribution >= 4 is 40.3 Å². The lowest BCUT2D eigenvalue weighted by molar-refractivity contribution is 0.0526. The summed E-state index contributed by atoms with van der Waals surface area (Å²) in [6, 6.07) is 9.46. The van der Waals surface area contributed by atoms with Gasteiger partial charge in [-0.1, -0.05) is 6.07 Å². The van der Waals surface area contributed by atoms with Gasteiger partial charge in [0.1, 0.15) is 5.82 Å². The second kappa shape index (κ2) is 10.7. The molecule has 2 aromatic heterocycles. The van der Waals surface area contributed by atoms with Crippen LogP contribution in [-0.2, 0) is 17.7 Å². The first kappa shape index (κ1) is 22.5. The van der Waals surface area contributed by atoms with Gasteiger partial charge < -0.3 is 19.5 Å². The molecular weight excluding hydrogens is 440 g/mol. The number of rotatable bonds is 7. The Labute approximate surface area is 198 Å². The van der Waals surface area contributed by atoms with E-state index in [9.17, 15) is 4.79 Å². The van der Waals surface area contributed by atoms with Gasteiger partial charge >= 0.3 is 5.97 Å². The van der Waals surface area contributed by atoms with Gasteiger partial charge in [0.15, 0.2) is 5.11 Å². The zero-order valence-electron chi connectivity index (χ0n) is 18.2. The molecule has 1 aliphatic heterocycles. The van der Waals surface area contributed by atoms with Crippen LogP contribution in [-0.4, -0.2) is 45.2 Å². The molecule has 0 amide bonds. The van der Waals surface area contributed by atoms with Gasteiger partial charge in [0.2, 0.25) is 0 Å². The molecule has 0 bridgehead atoms. The number of hydrogen-bond donors (Lipinski definition) is 1.